The van der Waals surface area contributed by atoms with Gasteiger partial charge in [-0.05, 0) is 19.4 Å². The monoisotopic (exact) mass is 351 g/mol. The highest BCUT2D eigenvalue weighted by atomic mass is 16.6. The lowest BCUT2D eigenvalue weighted by molar-refractivity contribution is -0.384. The SMILES string of the molecule is CC(CCC(=O)O)NC(=O)c1cccc([N+](=O)[O-])c1N1CCOCC1. The van der Waals surface area contributed by atoms with Gasteiger partial charge in [-0.1, -0.05) is 6.07 Å². The fourth-order valence-electron chi connectivity index (χ4n) is 2.69. The van der Waals surface area contributed by atoms with Gasteiger partial charge in [-0.2, -0.15) is 0 Å². The average Bonchev–Trinajstić information content (AvgIpc) is 2.60. The molecule has 9 nitrogen and oxygen atoms in total. The summed E-state index contributed by atoms with van der Waals surface area (Å²) in [7, 11) is 0. The molecule has 1 fully saturated rings. The van der Waals surface area contributed by atoms with Crippen molar-refractivity contribution in [3.63, 3.8) is 0 Å². The second-order valence-electron chi connectivity index (χ2n) is 5.84. The maximum absolute atomic E-state index is 12.6. The van der Waals surface area contributed by atoms with Gasteiger partial charge >= 0.3 is 5.97 Å². The normalized spacial score (nSPS) is 15.5. The number of carbonyl (C=O) groups is 2. The summed E-state index contributed by atoms with van der Waals surface area (Å²) in [5.41, 5.74) is 0.352. The van der Waals surface area contributed by atoms with Gasteiger partial charge in [0.25, 0.3) is 11.6 Å². The molecule has 1 aromatic carbocycles. The first kappa shape index (κ1) is 18.7. The number of nitrogens with one attached hydrogen (secondary N) is 1. The van der Waals surface area contributed by atoms with E-state index in [0.29, 0.717) is 26.3 Å². The van der Waals surface area contributed by atoms with E-state index in [9.17, 15) is 19.7 Å². The van der Waals surface area contributed by atoms with Crippen LogP contribution in [0.1, 0.15) is 30.1 Å². The van der Waals surface area contributed by atoms with Crippen molar-refractivity contribution >= 4 is 23.3 Å². The first-order chi connectivity index (χ1) is 11.9. The van der Waals surface area contributed by atoms with Crippen LogP contribution in [0.4, 0.5) is 11.4 Å². The summed E-state index contributed by atoms with van der Waals surface area (Å²) in [6, 6.07) is 4.02. The van der Waals surface area contributed by atoms with E-state index < -0.39 is 16.8 Å². The molecule has 0 bridgehead atoms. The number of ether oxygens (including phenoxy) is 1. The van der Waals surface area contributed by atoms with Crippen molar-refractivity contribution in [1.29, 1.82) is 0 Å². The lowest BCUT2D eigenvalue weighted by Crippen LogP contribution is -2.39. The molecule has 1 aromatic rings. The lowest BCUT2D eigenvalue weighted by atomic mass is 10.1. The Labute approximate surface area is 144 Å². The van der Waals surface area contributed by atoms with Gasteiger partial charge in [0.05, 0.1) is 23.7 Å². The van der Waals surface area contributed by atoms with Gasteiger partial charge < -0.3 is 20.1 Å². The molecule has 1 heterocycles. The van der Waals surface area contributed by atoms with Gasteiger partial charge in [0.2, 0.25) is 0 Å². The van der Waals surface area contributed by atoms with E-state index in [2.05, 4.69) is 5.32 Å². The van der Waals surface area contributed by atoms with Gasteiger partial charge in [0, 0.05) is 31.6 Å². The van der Waals surface area contributed by atoms with Gasteiger partial charge in [0.1, 0.15) is 5.69 Å². The summed E-state index contributed by atoms with van der Waals surface area (Å²) in [6.45, 7) is 3.48. The molecule has 0 aliphatic carbocycles. The number of carboxylic acids is 1. The maximum Gasteiger partial charge on any atom is 0.303 e. The minimum atomic E-state index is -0.939. The Balaban J connectivity index is 2.26. The smallest absolute Gasteiger partial charge is 0.303 e. The van der Waals surface area contributed by atoms with Crippen LogP contribution in [-0.4, -0.2) is 54.3 Å². The molecule has 1 aliphatic heterocycles. The molecule has 0 spiro atoms. The molecule has 25 heavy (non-hydrogen) atoms. The second kappa shape index (κ2) is 8.43. The number of anilines is 1. The molecule has 1 unspecified atom stereocenters. The van der Waals surface area contributed by atoms with Crippen molar-refractivity contribution in [3.8, 4) is 0 Å². The summed E-state index contributed by atoms with van der Waals surface area (Å²) >= 11 is 0. The zero-order valence-electron chi connectivity index (χ0n) is 13.9. The van der Waals surface area contributed by atoms with Crippen LogP contribution in [0.3, 0.4) is 0 Å². The number of nitro groups is 1. The number of amides is 1. The number of benzene rings is 1. The summed E-state index contributed by atoms with van der Waals surface area (Å²) in [6.07, 6.45) is 0.218. The predicted molar refractivity (Wildman–Crippen MR) is 89.9 cm³/mol. The maximum atomic E-state index is 12.6. The molecule has 1 saturated heterocycles. The van der Waals surface area contributed by atoms with E-state index in [1.54, 1.807) is 11.8 Å². The third-order valence-corrected chi connectivity index (χ3v) is 3.95. The minimum absolute atomic E-state index is 0.0628. The van der Waals surface area contributed by atoms with Crippen LogP contribution in [0.2, 0.25) is 0 Å². The van der Waals surface area contributed by atoms with Crippen LogP contribution in [0, 0.1) is 10.1 Å². The van der Waals surface area contributed by atoms with Gasteiger partial charge in [-0.3, -0.25) is 19.7 Å². The highest BCUT2D eigenvalue weighted by Gasteiger charge is 2.28. The number of carbonyl (C=O) groups excluding carboxylic acids is 1. The molecule has 136 valence electrons. The Bertz CT molecular complexity index is 657. The first-order valence-electron chi connectivity index (χ1n) is 8.03. The molecular formula is C16H21N3O6. The van der Waals surface area contributed by atoms with Crippen LogP contribution in [0.5, 0.6) is 0 Å². The Morgan fingerprint density at radius 2 is 2.08 bits per heavy atom. The average molecular weight is 351 g/mol. The number of morpholine rings is 1. The topological polar surface area (TPSA) is 122 Å². The molecule has 2 N–H and O–H groups in total. The molecule has 0 saturated carbocycles. The number of para-hydroxylation sites is 1. The first-order valence-corrected chi connectivity index (χ1v) is 8.03. The van der Waals surface area contributed by atoms with Crippen molar-refractivity contribution in [3.05, 3.63) is 33.9 Å². The molecule has 2 rings (SSSR count). The van der Waals surface area contributed by atoms with Crippen molar-refractivity contribution in [2.24, 2.45) is 0 Å². The summed E-state index contributed by atoms with van der Waals surface area (Å²) < 4.78 is 5.27. The van der Waals surface area contributed by atoms with Gasteiger partial charge in [-0.15, -0.1) is 0 Å². The van der Waals surface area contributed by atoms with Gasteiger partial charge in [0.15, 0.2) is 0 Å². The number of hydrogen-bond acceptors (Lipinski definition) is 6. The van der Waals surface area contributed by atoms with E-state index in [1.807, 2.05) is 0 Å². The molecule has 1 atom stereocenters. The Hall–Kier alpha value is -2.68. The Kier molecular flexibility index (Phi) is 6.29. The molecular weight excluding hydrogens is 330 g/mol. The molecule has 0 aromatic heterocycles. The third-order valence-electron chi connectivity index (χ3n) is 3.95. The fourth-order valence-corrected chi connectivity index (χ4v) is 2.69. The van der Waals surface area contributed by atoms with E-state index in [-0.39, 0.29) is 35.8 Å². The molecule has 0 radical (unpaired) electrons. The predicted octanol–water partition coefficient (Wildman–Crippen LogP) is 1.41. The van der Waals surface area contributed by atoms with Crippen molar-refractivity contribution in [2.45, 2.75) is 25.8 Å². The van der Waals surface area contributed by atoms with Crippen molar-refractivity contribution in [1.82, 2.24) is 5.32 Å². The number of rotatable bonds is 7. The highest BCUT2D eigenvalue weighted by molar-refractivity contribution is 6.02. The lowest BCUT2D eigenvalue weighted by Gasteiger charge is -2.30. The van der Waals surface area contributed by atoms with Crippen LogP contribution < -0.4 is 10.2 Å². The quantitative estimate of drug-likeness (QED) is 0.562. The zero-order valence-corrected chi connectivity index (χ0v) is 13.9. The fraction of sp³-hybridized carbons (Fsp3) is 0.500. The van der Waals surface area contributed by atoms with Crippen LogP contribution in [0.15, 0.2) is 18.2 Å². The largest absolute Gasteiger partial charge is 0.481 e. The van der Waals surface area contributed by atoms with E-state index in [4.69, 9.17) is 9.84 Å². The minimum Gasteiger partial charge on any atom is -0.481 e. The Morgan fingerprint density at radius 1 is 1.40 bits per heavy atom. The highest BCUT2D eigenvalue weighted by Crippen LogP contribution is 2.32. The Morgan fingerprint density at radius 3 is 2.68 bits per heavy atom. The molecule has 1 aliphatic rings. The number of nitro benzene ring substituents is 1. The van der Waals surface area contributed by atoms with Crippen LogP contribution in [-0.2, 0) is 9.53 Å². The van der Waals surface area contributed by atoms with Crippen molar-refractivity contribution < 1.29 is 24.4 Å². The van der Waals surface area contributed by atoms with Crippen molar-refractivity contribution in [2.75, 3.05) is 31.2 Å². The number of aliphatic carboxylic acids is 1. The summed E-state index contributed by atoms with van der Waals surface area (Å²) in [5, 5.41) is 22.8. The third kappa shape index (κ3) is 4.90. The van der Waals surface area contributed by atoms with E-state index in [1.165, 1.54) is 18.2 Å². The van der Waals surface area contributed by atoms with E-state index >= 15 is 0 Å². The molecule has 1 amide bonds. The number of hydrogen-bond donors (Lipinski definition) is 2. The molecule has 9 heteroatoms. The summed E-state index contributed by atoms with van der Waals surface area (Å²) in [5.74, 6) is -1.39. The second-order valence-corrected chi connectivity index (χ2v) is 5.84. The number of nitrogens with zero attached hydrogens (tertiary/aromatic N) is 2. The standard InChI is InChI=1S/C16H21N3O6/c1-11(5-6-14(20)21)17-16(22)12-3-2-4-13(19(23)24)15(12)18-7-9-25-10-8-18/h2-4,11H,5-10H2,1H3,(H,17,22)(H,20,21). The van der Waals surface area contributed by atoms with Crippen LogP contribution >= 0.6 is 0 Å². The zero-order chi connectivity index (χ0) is 18.4. The van der Waals surface area contributed by atoms with Crippen LogP contribution in [0.25, 0.3) is 0 Å². The van der Waals surface area contributed by atoms with Gasteiger partial charge in [-0.25, -0.2) is 0 Å². The number of carboxylic acid groups (broad SMARTS) is 1. The summed E-state index contributed by atoms with van der Waals surface area (Å²) in [4.78, 5) is 35.9. The van der Waals surface area contributed by atoms with E-state index in [0.717, 1.165) is 0 Å².